The van der Waals surface area contributed by atoms with E-state index in [9.17, 15) is 9.59 Å². The molecule has 0 aliphatic carbocycles. The van der Waals surface area contributed by atoms with Gasteiger partial charge in [0.1, 0.15) is 0 Å². The average Bonchev–Trinajstić information content (AvgIpc) is 2.38. The zero-order valence-corrected chi connectivity index (χ0v) is 16.7. The van der Waals surface area contributed by atoms with Gasteiger partial charge in [0, 0.05) is 0 Å². The predicted octanol–water partition coefficient (Wildman–Crippen LogP) is 3.61. The molecule has 0 aromatic heterocycles. The second kappa shape index (κ2) is 10.5. The first-order valence-corrected chi connectivity index (χ1v) is 18.1. The van der Waals surface area contributed by atoms with Gasteiger partial charge < -0.3 is 0 Å². The van der Waals surface area contributed by atoms with Gasteiger partial charge in [-0.2, -0.15) is 0 Å². The van der Waals surface area contributed by atoms with Crippen LogP contribution in [0.1, 0.15) is 58.8 Å². The fourth-order valence-electron chi connectivity index (χ4n) is 2.16. The number of hydrogen-bond donors (Lipinski definition) is 2. The first-order chi connectivity index (χ1) is 9.31. The van der Waals surface area contributed by atoms with Crippen molar-refractivity contribution in [3.05, 3.63) is 0 Å². The van der Waals surface area contributed by atoms with Crippen LogP contribution in [0.4, 0.5) is 0 Å². The van der Waals surface area contributed by atoms with E-state index in [-0.39, 0.29) is 11.8 Å². The van der Waals surface area contributed by atoms with Gasteiger partial charge in [-0.3, -0.25) is 0 Å². The van der Waals surface area contributed by atoms with E-state index in [1.54, 1.807) is 6.92 Å². The van der Waals surface area contributed by atoms with Crippen molar-refractivity contribution in [3.8, 4) is 0 Å². The van der Waals surface area contributed by atoms with Crippen molar-refractivity contribution < 1.29 is 9.59 Å². The van der Waals surface area contributed by atoms with Crippen molar-refractivity contribution in [1.82, 2.24) is 10.9 Å². The zero-order valence-electron chi connectivity index (χ0n) is 13.8. The molecule has 5 heteroatoms. The quantitative estimate of drug-likeness (QED) is 0.359. The summed E-state index contributed by atoms with van der Waals surface area (Å²) in [6, 6.07) is 0. The summed E-state index contributed by atoms with van der Waals surface area (Å²) in [5.41, 5.74) is 4.98. The summed E-state index contributed by atoms with van der Waals surface area (Å²) in [5.74, 6) is -0.184. The maximum atomic E-state index is 11.9. The fourth-order valence-corrected chi connectivity index (χ4v) is 7.49. The molecule has 2 amide bonds. The molecule has 118 valence electrons. The Labute approximate surface area is 128 Å². The summed E-state index contributed by atoms with van der Waals surface area (Å²) in [7, 11) is 0. The Bertz CT molecular complexity index is 301. The average molecular weight is 391 g/mol. The zero-order chi connectivity index (χ0) is 15.6. The standard InChI is InChI=1S/C12H23N2O2.3CH3.Sn/c1-3-5-6-7-8-9-10-12(16)14-13-11(15)4-2;;;;/h9H,3-8,10H2,1-2H3,(H,13,15)(H,14,16);3*1H3;. The van der Waals surface area contributed by atoms with Gasteiger partial charge in [0.2, 0.25) is 0 Å². The molecule has 0 bridgehead atoms. The molecule has 0 aromatic rings. The summed E-state index contributed by atoms with van der Waals surface area (Å²) in [4.78, 5) is 30.2. The van der Waals surface area contributed by atoms with Gasteiger partial charge in [0.15, 0.2) is 0 Å². The van der Waals surface area contributed by atoms with Crippen LogP contribution in [0, 0.1) is 0 Å². The van der Waals surface area contributed by atoms with Crippen LogP contribution in [0.2, 0.25) is 18.8 Å². The van der Waals surface area contributed by atoms with E-state index >= 15 is 0 Å². The Kier molecular flexibility index (Phi) is 10.3. The molecule has 0 fully saturated rings. The van der Waals surface area contributed by atoms with Gasteiger partial charge in [-0.05, 0) is 0 Å². The van der Waals surface area contributed by atoms with Crippen LogP contribution in [-0.2, 0) is 9.59 Å². The molecule has 0 radical (unpaired) electrons. The van der Waals surface area contributed by atoms with Crippen molar-refractivity contribution >= 4 is 30.2 Å². The third kappa shape index (κ3) is 9.61. The van der Waals surface area contributed by atoms with Crippen molar-refractivity contribution in [2.24, 2.45) is 0 Å². The van der Waals surface area contributed by atoms with Gasteiger partial charge in [0.25, 0.3) is 0 Å². The number of hydrogen-bond acceptors (Lipinski definition) is 2. The Morgan fingerprint density at radius 1 is 0.950 bits per heavy atom. The van der Waals surface area contributed by atoms with E-state index in [4.69, 9.17) is 0 Å². The molecule has 1 atom stereocenters. The second-order valence-corrected chi connectivity index (χ2v) is 22.4. The van der Waals surface area contributed by atoms with Gasteiger partial charge in [-0.1, -0.05) is 0 Å². The molecule has 0 heterocycles. The molecular weight excluding hydrogens is 359 g/mol. The SMILES string of the molecule is CCCCCC[CH](CC(=O)NNC(=O)CC)[Sn]([CH3])([CH3])[CH3]. The molecule has 1 unspecified atom stereocenters. The number of nitrogens with one attached hydrogen (secondary N) is 2. The molecule has 0 aromatic carbocycles. The Morgan fingerprint density at radius 3 is 2.05 bits per heavy atom. The number of carbonyl (C=O) groups is 2. The number of carbonyl (C=O) groups excluding carboxylic acids is 2. The second-order valence-electron chi connectivity index (χ2n) is 6.57. The van der Waals surface area contributed by atoms with Crippen LogP contribution < -0.4 is 10.9 Å². The number of amides is 2. The van der Waals surface area contributed by atoms with E-state index < -0.39 is 18.4 Å². The van der Waals surface area contributed by atoms with E-state index in [2.05, 4.69) is 32.6 Å². The molecule has 0 spiro atoms. The predicted molar refractivity (Wildman–Crippen MR) is 87.0 cm³/mol. The third-order valence-corrected chi connectivity index (χ3v) is 12.1. The first-order valence-electron chi connectivity index (χ1n) is 7.88. The van der Waals surface area contributed by atoms with Gasteiger partial charge in [0.05, 0.1) is 0 Å². The van der Waals surface area contributed by atoms with Crippen molar-refractivity contribution in [1.29, 1.82) is 0 Å². The van der Waals surface area contributed by atoms with Crippen LogP contribution in [-0.4, -0.2) is 30.2 Å². The Morgan fingerprint density at radius 2 is 1.55 bits per heavy atom. The van der Waals surface area contributed by atoms with Crippen LogP contribution >= 0.6 is 0 Å². The topological polar surface area (TPSA) is 58.2 Å². The summed E-state index contributed by atoms with van der Waals surface area (Å²) < 4.78 is 0.555. The van der Waals surface area contributed by atoms with Gasteiger partial charge in [-0.15, -0.1) is 0 Å². The molecule has 0 aliphatic heterocycles. The molecule has 0 saturated carbocycles. The van der Waals surface area contributed by atoms with E-state index in [1.165, 1.54) is 25.7 Å². The third-order valence-electron chi connectivity index (χ3n) is 3.73. The number of hydrazine groups is 1. The van der Waals surface area contributed by atoms with Crippen molar-refractivity contribution in [2.45, 2.75) is 77.5 Å². The van der Waals surface area contributed by atoms with Crippen LogP contribution in [0.15, 0.2) is 0 Å². The summed E-state index contributed by atoms with van der Waals surface area (Å²) in [5, 5.41) is 0. The number of rotatable bonds is 9. The minimum atomic E-state index is -2.09. The molecular formula is C15H32N2O2Sn. The first kappa shape index (κ1) is 19.7. The number of unbranched alkanes of at least 4 members (excludes halogenated alkanes) is 3. The molecule has 0 saturated heterocycles. The molecule has 2 N–H and O–H groups in total. The Balaban J connectivity index is 4.21. The van der Waals surface area contributed by atoms with Crippen LogP contribution in [0.5, 0.6) is 0 Å². The van der Waals surface area contributed by atoms with Gasteiger partial charge >= 0.3 is 128 Å². The monoisotopic (exact) mass is 392 g/mol. The summed E-state index contributed by atoms with van der Waals surface area (Å²) in [6.07, 6.45) is 7.13. The maximum absolute atomic E-state index is 11.9. The molecule has 0 aliphatic rings. The summed E-state index contributed by atoms with van der Waals surface area (Å²) >= 11 is -2.09. The van der Waals surface area contributed by atoms with Crippen molar-refractivity contribution in [2.75, 3.05) is 0 Å². The van der Waals surface area contributed by atoms with Gasteiger partial charge in [-0.25, -0.2) is 0 Å². The fraction of sp³-hybridized carbons (Fsp3) is 0.867. The van der Waals surface area contributed by atoms with E-state index in [1.807, 2.05) is 0 Å². The Hall–Kier alpha value is -0.261. The molecule has 20 heavy (non-hydrogen) atoms. The normalized spacial score (nSPS) is 12.8. The molecule has 0 rings (SSSR count). The summed E-state index contributed by atoms with van der Waals surface area (Å²) in [6.45, 7) is 3.98. The van der Waals surface area contributed by atoms with Crippen LogP contribution in [0.3, 0.4) is 0 Å². The van der Waals surface area contributed by atoms with Crippen molar-refractivity contribution in [3.63, 3.8) is 0 Å². The van der Waals surface area contributed by atoms with E-state index in [0.29, 0.717) is 16.8 Å². The molecule has 4 nitrogen and oxygen atoms in total. The van der Waals surface area contributed by atoms with Crippen LogP contribution in [0.25, 0.3) is 0 Å². The van der Waals surface area contributed by atoms with E-state index in [0.717, 1.165) is 6.42 Å². The minimum absolute atomic E-state index is 0.0427.